The third-order valence-corrected chi connectivity index (χ3v) is 4.05. The van der Waals surface area contributed by atoms with Gasteiger partial charge in [-0.05, 0) is 44.9 Å². The van der Waals surface area contributed by atoms with Crippen molar-refractivity contribution in [3.63, 3.8) is 0 Å². The Kier molecular flexibility index (Phi) is 4.23. The highest BCUT2D eigenvalue weighted by atomic mass is 16.3. The van der Waals surface area contributed by atoms with Crippen LogP contribution in [0, 0.1) is 5.92 Å². The van der Waals surface area contributed by atoms with E-state index in [9.17, 15) is 4.79 Å². The van der Waals surface area contributed by atoms with Gasteiger partial charge in [-0.3, -0.25) is 4.79 Å². The highest BCUT2D eigenvalue weighted by Gasteiger charge is 2.36. The lowest BCUT2D eigenvalue weighted by Crippen LogP contribution is -2.52. The molecular weight excluding hydrogens is 252 g/mol. The lowest BCUT2D eigenvalue weighted by Gasteiger charge is -2.29. The smallest absolute Gasteiger partial charge is 0.242 e. The zero-order chi connectivity index (χ0) is 14.9. The van der Waals surface area contributed by atoms with Gasteiger partial charge in [-0.15, -0.1) is 0 Å². The van der Waals surface area contributed by atoms with Crippen molar-refractivity contribution < 1.29 is 9.21 Å². The van der Waals surface area contributed by atoms with Crippen LogP contribution in [-0.4, -0.2) is 29.9 Å². The first-order chi connectivity index (χ1) is 9.35. The number of nitrogens with zero attached hydrogens (tertiary/aromatic N) is 1. The van der Waals surface area contributed by atoms with Crippen molar-refractivity contribution in [1.82, 2.24) is 10.2 Å². The van der Waals surface area contributed by atoms with Crippen LogP contribution in [0.5, 0.6) is 0 Å². The molecule has 0 radical (unpaired) electrons. The van der Waals surface area contributed by atoms with E-state index in [1.807, 2.05) is 33.9 Å². The minimum atomic E-state index is -0.538. The zero-order valence-corrected chi connectivity index (χ0v) is 13.2. The molecule has 0 bridgehead atoms. The van der Waals surface area contributed by atoms with Gasteiger partial charge >= 0.3 is 0 Å². The van der Waals surface area contributed by atoms with Crippen molar-refractivity contribution >= 4 is 5.91 Å². The molecule has 4 nitrogen and oxygen atoms in total. The number of likely N-dealkylation sites (N-methyl/N-ethyl adjacent to an activating group) is 2. The fourth-order valence-corrected chi connectivity index (χ4v) is 2.70. The Balaban J connectivity index is 1.95. The third kappa shape index (κ3) is 3.23. The third-order valence-electron chi connectivity index (χ3n) is 4.05. The maximum absolute atomic E-state index is 12.4. The molecule has 0 aromatic carbocycles. The summed E-state index contributed by atoms with van der Waals surface area (Å²) in [6.07, 6.45) is 1.22. The normalized spacial score (nSPS) is 21.9. The number of rotatable bonds is 6. The second-order valence-electron chi connectivity index (χ2n) is 6.44. The predicted octanol–water partition coefficient (Wildman–Crippen LogP) is 2.75. The number of furan rings is 1. The number of hydrogen-bond donors (Lipinski definition) is 1. The Morgan fingerprint density at radius 2 is 2.15 bits per heavy atom. The van der Waals surface area contributed by atoms with Crippen molar-refractivity contribution in [3.05, 3.63) is 23.7 Å². The maximum Gasteiger partial charge on any atom is 0.242 e. The SMILES string of the molecule is CCNC(C)(C)C(=O)N(C)Cc1ccc(C2CC2C)o1. The highest BCUT2D eigenvalue weighted by molar-refractivity contribution is 5.85. The number of amides is 1. The number of carbonyl (C=O) groups excluding carboxylic acids is 1. The largest absolute Gasteiger partial charge is 0.464 e. The van der Waals surface area contributed by atoms with Gasteiger partial charge in [0, 0.05) is 13.0 Å². The van der Waals surface area contributed by atoms with E-state index in [4.69, 9.17) is 4.42 Å². The van der Waals surface area contributed by atoms with Crippen LogP contribution in [0.2, 0.25) is 0 Å². The summed E-state index contributed by atoms with van der Waals surface area (Å²) in [5.41, 5.74) is -0.538. The van der Waals surface area contributed by atoms with Crippen LogP contribution in [0.1, 0.15) is 51.6 Å². The summed E-state index contributed by atoms with van der Waals surface area (Å²) >= 11 is 0. The molecule has 2 unspecified atom stereocenters. The number of hydrogen-bond acceptors (Lipinski definition) is 3. The molecule has 0 spiro atoms. The Labute approximate surface area is 121 Å². The van der Waals surface area contributed by atoms with Gasteiger partial charge in [0.2, 0.25) is 5.91 Å². The van der Waals surface area contributed by atoms with Gasteiger partial charge in [-0.1, -0.05) is 13.8 Å². The fraction of sp³-hybridized carbons (Fsp3) is 0.688. The van der Waals surface area contributed by atoms with Crippen molar-refractivity contribution in [2.75, 3.05) is 13.6 Å². The molecule has 2 atom stereocenters. The van der Waals surface area contributed by atoms with Crippen LogP contribution in [0.25, 0.3) is 0 Å². The minimum absolute atomic E-state index is 0.0806. The van der Waals surface area contributed by atoms with Gasteiger partial charge in [0.15, 0.2) is 0 Å². The Bertz CT molecular complexity index is 479. The first-order valence-corrected chi connectivity index (χ1v) is 7.44. The van der Waals surface area contributed by atoms with E-state index >= 15 is 0 Å². The molecule has 20 heavy (non-hydrogen) atoms. The van der Waals surface area contributed by atoms with E-state index in [0.717, 1.165) is 24.0 Å². The van der Waals surface area contributed by atoms with E-state index in [1.54, 1.807) is 4.90 Å². The quantitative estimate of drug-likeness (QED) is 0.870. The van der Waals surface area contributed by atoms with Gasteiger partial charge in [-0.25, -0.2) is 0 Å². The van der Waals surface area contributed by atoms with Crippen molar-refractivity contribution in [3.8, 4) is 0 Å². The van der Waals surface area contributed by atoms with Crippen LogP contribution >= 0.6 is 0 Å². The molecule has 1 heterocycles. The van der Waals surface area contributed by atoms with Gasteiger partial charge in [0.05, 0.1) is 12.1 Å². The average molecular weight is 278 g/mol. The van der Waals surface area contributed by atoms with E-state index in [0.29, 0.717) is 12.5 Å². The minimum Gasteiger partial charge on any atom is -0.464 e. The molecule has 1 N–H and O–H groups in total. The molecule has 1 aliphatic rings. The average Bonchev–Trinajstić information content (AvgIpc) is 2.92. The van der Waals surface area contributed by atoms with Gasteiger partial charge in [0.1, 0.15) is 11.5 Å². The van der Waals surface area contributed by atoms with E-state index in [1.165, 1.54) is 6.42 Å². The lowest BCUT2D eigenvalue weighted by atomic mass is 10.0. The highest BCUT2D eigenvalue weighted by Crippen LogP contribution is 2.47. The zero-order valence-electron chi connectivity index (χ0n) is 13.2. The maximum atomic E-state index is 12.4. The molecule has 112 valence electrons. The molecule has 1 fully saturated rings. The Morgan fingerprint density at radius 3 is 2.70 bits per heavy atom. The van der Waals surface area contributed by atoms with Gasteiger partial charge < -0.3 is 14.6 Å². The van der Waals surface area contributed by atoms with Gasteiger partial charge in [0.25, 0.3) is 0 Å². The monoisotopic (exact) mass is 278 g/mol. The Hall–Kier alpha value is -1.29. The first-order valence-electron chi connectivity index (χ1n) is 7.44. The topological polar surface area (TPSA) is 45.5 Å². The van der Waals surface area contributed by atoms with E-state index in [-0.39, 0.29) is 5.91 Å². The summed E-state index contributed by atoms with van der Waals surface area (Å²) < 4.78 is 5.86. The summed E-state index contributed by atoms with van der Waals surface area (Å²) in [5.74, 6) is 3.34. The predicted molar refractivity (Wildman–Crippen MR) is 79.5 cm³/mol. The van der Waals surface area contributed by atoms with Crippen molar-refractivity contribution in [2.45, 2.75) is 52.1 Å². The summed E-state index contributed by atoms with van der Waals surface area (Å²) in [7, 11) is 1.82. The van der Waals surface area contributed by atoms with E-state index in [2.05, 4.69) is 18.3 Å². The number of nitrogens with one attached hydrogen (secondary N) is 1. The Morgan fingerprint density at radius 1 is 1.50 bits per heavy atom. The lowest BCUT2D eigenvalue weighted by molar-refractivity contribution is -0.136. The van der Waals surface area contributed by atoms with Crippen molar-refractivity contribution in [1.29, 1.82) is 0 Å². The molecule has 2 rings (SSSR count). The molecule has 1 aromatic rings. The van der Waals surface area contributed by atoms with Gasteiger partial charge in [-0.2, -0.15) is 0 Å². The molecule has 1 aliphatic carbocycles. The fourth-order valence-electron chi connectivity index (χ4n) is 2.70. The first kappa shape index (κ1) is 15.1. The van der Waals surface area contributed by atoms with Crippen LogP contribution in [0.3, 0.4) is 0 Å². The molecule has 0 saturated heterocycles. The van der Waals surface area contributed by atoms with Crippen molar-refractivity contribution in [2.24, 2.45) is 5.92 Å². The second kappa shape index (κ2) is 5.60. The van der Waals surface area contributed by atoms with Crippen LogP contribution in [0.15, 0.2) is 16.5 Å². The number of carbonyl (C=O) groups is 1. The summed E-state index contributed by atoms with van der Waals surface area (Å²) in [5, 5.41) is 3.21. The molecule has 1 amide bonds. The second-order valence-corrected chi connectivity index (χ2v) is 6.44. The molecule has 0 aliphatic heterocycles. The van der Waals surface area contributed by atoms with Crippen LogP contribution < -0.4 is 5.32 Å². The molecule has 1 saturated carbocycles. The van der Waals surface area contributed by atoms with Crippen LogP contribution in [-0.2, 0) is 11.3 Å². The molecule has 4 heteroatoms. The molecular formula is C16H26N2O2. The van der Waals surface area contributed by atoms with E-state index < -0.39 is 5.54 Å². The summed E-state index contributed by atoms with van der Waals surface area (Å²) in [6, 6.07) is 4.04. The van der Waals surface area contributed by atoms with Crippen LogP contribution in [0.4, 0.5) is 0 Å². The summed E-state index contributed by atoms with van der Waals surface area (Å²) in [6.45, 7) is 9.36. The molecule has 1 aromatic heterocycles. The summed E-state index contributed by atoms with van der Waals surface area (Å²) in [4.78, 5) is 14.1. The standard InChI is InChI=1S/C16H26N2O2/c1-6-17-16(3,4)15(19)18(5)10-12-7-8-14(20-12)13-9-11(13)2/h7-8,11,13,17H,6,9-10H2,1-5H3.